The average molecular weight is 204 g/mol. The minimum absolute atomic E-state index is 0.301. The second-order valence-electron chi connectivity index (χ2n) is 6.38. The van der Waals surface area contributed by atoms with Crippen LogP contribution < -0.4 is 0 Å². The number of rotatable bonds is 0. The van der Waals surface area contributed by atoms with Gasteiger partial charge in [-0.2, -0.15) is 0 Å². The second kappa shape index (κ2) is 2.75. The summed E-state index contributed by atoms with van der Waals surface area (Å²) in [5, 5.41) is 0. The zero-order valence-corrected chi connectivity index (χ0v) is 9.92. The molecule has 0 aromatic heterocycles. The van der Waals surface area contributed by atoms with Gasteiger partial charge in [0.2, 0.25) is 0 Å². The van der Waals surface area contributed by atoms with E-state index < -0.39 is 0 Å². The van der Waals surface area contributed by atoms with Gasteiger partial charge in [-0.05, 0) is 43.4 Å². The van der Waals surface area contributed by atoms with Gasteiger partial charge in [-0.3, -0.25) is 4.79 Å². The van der Waals surface area contributed by atoms with E-state index in [0.29, 0.717) is 29.0 Å². The van der Waals surface area contributed by atoms with Crippen LogP contribution in [0.25, 0.3) is 0 Å². The van der Waals surface area contributed by atoms with Crippen LogP contribution in [0.3, 0.4) is 0 Å². The van der Waals surface area contributed by atoms with Crippen LogP contribution in [0.4, 0.5) is 0 Å². The molecule has 82 valence electrons. The molecule has 2 bridgehead atoms. The van der Waals surface area contributed by atoms with Crippen LogP contribution >= 0.6 is 0 Å². The lowest BCUT2D eigenvalue weighted by atomic mass is 9.41. The summed E-state index contributed by atoms with van der Waals surface area (Å²) >= 11 is 0. The zero-order valence-electron chi connectivity index (χ0n) is 9.92. The fourth-order valence-corrected chi connectivity index (χ4v) is 4.28. The number of carbonyl (C=O) groups excluding carboxylic acids is 1. The van der Waals surface area contributed by atoms with Gasteiger partial charge >= 0.3 is 0 Å². The number of ketones is 1. The lowest BCUT2D eigenvalue weighted by Gasteiger charge is -2.62. The molecule has 3 fully saturated rings. The summed E-state index contributed by atoms with van der Waals surface area (Å²) in [6, 6.07) is 0. The Kier molecular flexibility index (Phi) is 1.76. The number of allylic oxidation sites excluding steroid dienone is 2. The van der Waals surface area contributed by atoms with Crippen molar-refractivity contribution in [2.75, 3.05) is 0 Å². The molecule has 1 heteroatoms. The van der Waals surface area contributed by atoms with Gasteiger partial charge < -0.3 is 0 Å². The third kappa shape index (κ3) is 1.07. The molecule has 1 nitrogen and oxygen atoms in total. The normalized spacial score (nSPS) is 46.6. The standard InChI is InChI=1S/C14H20O/c1-8-4-5-9-10(6-8)11-7-12(13(9)15)14(11,2)3/h4,9-12H,5-7H2,1-3H3/t9-,10+,11+,12-/m0/s1. The van der Waals surface area contributed by atoms with Crippen LogP contribution in [0.5, 0.6) is 0 Å². The first-order valence-corrected chi connectivity index (χ1v) is 6.21. The smallest absolute Gasteiger partial charge is 0.140 e. The van der Waals surface area contributed by atoms with E-state index in [1.807, 2.05) is 0 Å². The van der Waals surface area contributed by atoms with E-state index in [4.69, 9.17) is 0 Å². The first-order chi connectivity index (χ1) is 7.01. The van der Waals surface area contributed by atoms with Gasteiger partial charge in [0.05, 0.1) is 0 Å². The highest BCUT2D eigenvalue weighted by atomic mass is 16.1. The van der Waals surface area contributed by atoms with Gasteiger partial charge in [0.15, 0.2) is 0 Å². The predicted octanol–water partition coefficient (Wildman–Crippen LogP) is 3.20. The van der Waals surface area contributed by atoms with Crippen molar-refractivity contribution in [3.8, 4) is 0 Å². The summed E-state index contributed by atoms with van der Waals surface area (Å²) in [7, 11) is 0. The molecule has 0 radical (unpaired) electrons. The Morgan fingerprint density at radius 2 is 2.13 bits per heavy atom. The van der Waals surface area contributed by atoms with Crippen LogP contribution in [0.1, 0.15) is 40.0 Å². The Bertz CT molecular complexity index is 350. The Balaban J connectivity index is 1.96. The molecule has 15 heavy (non-hydrogen) atoms. The minimum Gasteiger partial charge on any atom is -0.299 e. The summed E-state index contributed by atoms with van der Waals surface area (Å²) in [6.07, 6.45) is 5.67. The quantitative estimate of drug-likeness (QED) is 0.554. The monoisotopic (exact) mass is 204 g/mol. The molecule has 0 spiro atoms. The van der Waals surface area contributed by atoms with E-state index in [2.05, 4.69) is 26.8 Å². The van der Waals surface area contributed by atoms with Crippen molar-refractivity contribution in [2.24, 2.45) is 29.1 Å². The van der Waals surface area contributed by atoms with Crippen molar-refractivity contribution < 1.29 is 4.79 Å². The fourth-order valence-electron chi connectivity index (χ4n) is 4.28. The van der Waals surface area contributed by atoms with Gasteiger partial charge in [0.1, 0.15) is 5.78 Å². The van der Waals surface area contributed by atoms with Crippen LogP contribution in [-0.4, -0.2) is 5.78 Å². The third-order valence-corrected chi connectivity index (χ3v) is 5.36. The molecule has 0 unspecified atom stereocenters. The highest BCUT2D eigenvalue weighted by molar-refractivity contribution is 5.87. The van der Waals surface area contributed by atoms with E-state index in [0.717, 1.165) is 12.3 Å². The lowest BCUT2D eigenvalue weighted by molar-refractivity contribution is -0.170. The molecule has 0 aliphatic heterocycles. The Morgan fingerprint density at radius 3 is 2.80 bits per heavy atom. The third-order valence-electron chi connectivity index (χ3n) is 5.36. The fraction of sp³-hybridized carbons (Fsp3) is 0.786. The van der Waals surface area contributed by atoms with E-state index in [1.54, 1.807) is 0 Å². The Hall–Kier alpha value is -0.590. The van der Waals surface area contributed by atoms with Crippen molar-refractivity contribution in [2.45, 2.75) is 40.0 Å². The molecular weight excluding hydrogens is 184 g/mol. The highest BCUT2D eigenvalue weighted by Gasteiger charge is 2.61. The molecule has 4 aliphatic carbocycles. The lowest BCUT2D eigenvalue weighted by Crippen LogP contribution is -2.61. The summed E-state index contributed by atoms with van der Waals surface area (Å²) in [6.45, 7) is 6.82. The van der Waals surface area contributed by atoms with E-state index in [-0.39, 0.29) is 0 Å². The van der Waals surface area contributed by atoms with Gasteiger partial charge in [0, 0.05) is 11.8 Å². The number of carbonyl (C=O) groups is 1. The summed E-state index contributed by atoms with van der Waals surface area (Å²) in [5.41, 5.74) is 1.81. The molecule has 0 aromatic carbocycles. The maximum absolute atomic E-state index is 12.3. The molecular formula is C14H20O. The van der Waals surface area contributed by atoms with E-state index in [1.165, 1.54) is 18.4 Å². The second-order valence-corrected chi connectivity index (χ2v) is 6.38. The van der Waals surface area contributed by atoms with Gasteiger partial charge in [-0.25, -0.2) is 0 Å². The molecule has 0 N–H and O–H groups in total. The minimum atomic E-state index is 0.301. The predicted molar refractivity (Wildman–Crippen MR) is 60.4 cm³/mol. The Morgan fingerprint density at radius 1 is 1.40 bits per heavy atom. The maximum Gasteiger partial charge on any atom is 0.140 e. The van der Waals surface area contributed by atoms with E-state index in [9.17, 15) is 4.79 Å². The van der Waals surface area contributed by atoms with Gasteiger partial charge in [0.25, 0.3) is 0 Å². The van der Waals surface area contributed by atoms with Crippen molar-refractivity contribution in [1.29, 1.82) is 0 Å². The van der Waals surface area contributed by atoms with Crippen LogP contribution in [0.2, 0.25) is 0 Å². The molecule has 0 aromatic rings. The van der Waals surface area contributed by atoms with Crippen molar-refractivity contribution in [3.63, 3.8) is 0 Å². The van der Waals surface area contributed by atoms with Gasteiger partial charge in [-0.15, -0.1) is 0 Å². The average Bonchev–Trinajstić information content (AvgIpc) is 2.16. The van der Waals surface area contributed by atoms with Crippen molar-refractivity contribution in [1.82, 2.24) is 0 Å². The SMILES string of the molecule is CC1=CC[C@@H]2C(=O)[C@@H]3C[C@H]([C@@H]2C1)C3(C)C. The summed E-state index contributed by atoms with van der Waals surface area (Å²) in [4.78, 5) is 12.3. The summed E-state index contributed by atoms with van der Waals surface area (Å²) < 4.78 is 0. The van der Waals surface area contributed by atoms with Crippen molar-refractivity contribution in [3.05, 3.63) is 11.6 Å². The molecule has 4 aliphatic rings. The molecule has 0 saturated heterocycles. The topological polar surface area (TPSA) is 17.1 Å². The number of Topliss-reactive ketones (excluding diaryl/α,β-unsaturated/α-hetero) is 1. The highest BCUT2D eigenvalue weighted by Crippen LogP contribution is 2.63. The number of hydrogen-bond acceptors (Lipinski definition) is 1. The first kappa shape index (κ1) is 9.62. The molecule has 3 saturated carbocycles. The zero-order chi connectivity index (χ0) is 10.8. The maximum atomic E-state index is 12.3. The van der Waals surface area contributed by atoms with Crippen LogP contribution in [0, 0.1) is 29.1 Å². The summed E-state index contributed by atoms with van der Waals surface area (Å²) in [5.74, 6) is 2.83. The molecule has 4 rings (SSSR count). The van der Waals surface area contributed by atoms with Crippen LogP contribution in [0.15, 0.2) is 11.6 Å². The van der Waals surface area contributed by atoms with Crippen molar-refractivity contribution >= 4 is 5.78 Å². The van der Waals surface area contributed by atoms with Gasteiger partial charge in [-0.1, -0.05) is 25.5 Å². The van der Waals surface area contributed by atoms with Crippen LogP contribution in [-0.2, 0) is 4.79 Å². The molecule has 0 amide bonds. The Labute approximate surface area is 91.9 Å². The molecule has 0 heterocycles. The van der Waals surface area contributed by atoms with E-state index >= 15 is 0 Å². The first-order valence-electron chi connectivity index (χ1n) is 6.21. The number of hydrogen-bond donors (Lipinski definition) is 0. The molecule has 4 atom stereocenters. The largest absolute Gasteiger partial charge is 0.299 e.